The molecule has 0 spiro atoms. The van der Waals surface area contributed by atoms with Crippen molar-refractivity contribution in [1.82, 2.24) is 19.5 Å². The van der Waals surface area contributed by atoms with Gasteiger partial charge >= 0.3 is 0 Å². The molecule has 0 aliphatic heterocycles. The van der Waals surface area contributed by atoms with Crippen LogP contribution in [-0.2, 0) is 12.8 Å². The van der Waals surface area contributed by atoms with Crippen molar-refractivity contribution < 1.29 is 4.74 Å². The maximum Gasteiger partial charge on any atom is 0.155 e. The number of nitrogens with zero attached hydrogens (tertiary/aromatic N) is 4. The van der Waals surface area contributed by atoms with Gasteiger partial charge in [0.15, 0.2) is 5.65 Å². The zero-order chi connectivity index (χ0) is 17.2. The van der Waals surface area contributed by atoms with Gasteiger partial charge in [-0.2, -0.15) is 5.10 Å². The van der Waals surface area contributed by atoms with Gasteiger partial charge in [0.25, 0.3) is 0 Å². The van der Waals surface area contributed by atoms with E-state index in [1.807, 2.05) is 16.8 Å². The summed E-state index contributed by atoms with van der Waals surface area (Å²) in [5.41, 5.74) is 5.86. The van der Waals surface area contributed by atoms with Crippen LogP contribution in [0.25, 0.3) is 16.9 Å². The monoisotopic (exact) mass is 336 g/mol. The van der Waals surface area contributed by atoms with Gasteiger partial charge in [-0.1, -0.05) is 0 Å². The summed E-state index contributed by atoms with van der Waals surface area (Å²) in [5, 5.41) is 4.49. The Labute approximate surface area is 148 Å². The minimum atomic E-state index is 0.742. The van der Waals surface area contributed by atoms with Gasteiger partial charge in [0.05, 0.1) is 18.5 Å². The predicted molar refractivity (Wildman–Crippen MR) is 99.1 cm³/mol. The number of hydrogen-bond donors (Lipinski definition) is 0. The van der Waals surface area contributed by atoms with Crippen molar-refractivity contribution in [1.29, 1.82) is 0 Å². The lowest BCUT2D eigenvalue weighted by molar-refractivity contribution is 0.281. The van der Waals surface area contributed by atoms with Crippen LogP contribution in [0.4, 0.5) is 0 Å². The SMILES string of the molecule is CN(C)CCCOc1ccc(-c2c3c(nc4ccnn24)CCC3)cc1. The summed E-state index contributed by atoms with van der Waals surface area (Å²) >= 11 is 0. The number of ether oxygens (including phenoxy) is 1. The molecule has 4 rings (SSSR count). The van der Waals surface area contributed by atoms with Gasteiger partial charge in [-0.05, 0) is 64.0 Å². The fourth-order valence-electron chi connectivity index (χ4n) is 3.50. The number of fused-ring (bicyclic) bond motifs is 2. The smallest absolute Gasteiger partial charge is 0.155 e. The molecule has 5 nitrogen and oxygen atoms in total. The first-order valence-electron chi connectivity index (χ1n) is 8.96. The summed E-state index contributed by atoms with van der Waals surface area (Å²) < 4.78 is 7.82. The Bertz CT molecular complexity index is 867. The molecule has 0 bridgehead atoms. The Morgan fingerprint density at radius 1 is 1.12 bits per heavy atom. The Balaban J connectivity index is 1.58. The third-order valence-corrected chi connectivity index (χ3v) is 4.70. The fourth-order valence-corrected chi connectivity index (χ4v) is 3.50. The van der Waals surface area contributed by atoms with E-state index in [4.69, 9.17) is 9.72 Å². The molecule has 1 aliphatic carbocycles. The van der Waals surface area contributed by atoms with Crippen molar-refractivity contribution in [2.45, 2.75) is 25.7 Å². The van der Waals surface area contributed by atoms with E-state index in [2.05, 4.69) is 48.4 Å². The van der Waals surface area contributed by atoms with Gasteiger partial charge in [0.2, 0.25) is 0 Å². The second-order valence-corrected chi connectivity index (χ2v) is 6.87. The molecular formula is C20H24N4O. The van der Waals surface area contributed by atoms with Crippen molar-refractivity contribution in [3.8, 4) is 17.0 Å². The van der Waals surface area contributed by atoms with Crippen LogP contribution in [0.5, 0.6) is 5.75 Å². The number of rotatable bonds is 6. The number of benzene rings is 1. The minimum Gasteiger partial charge on any atom is -0.494 e. The first-order valence-corrected chi connectivity index (χ1v) is 8.96. The number of aryl methyl sites for hydroxylation is 1. The molecule has 0 radical (unpaired) electrons. The van der Waals surface area contributed by atoms with E-state index in [9.17, 15) is 0 Å². The molecule has 0 unspecified atom stereocenters. The van der Waals surface area contributed by atoms with E-state index in [1.54, 1.807) is 0 Å². The van der Waals surface area contributed by atoms with Crippen LogP contribution in [0, 0.1) is 0 Å². The van der Waals surface area contributed by atoms with E-state index in [-0.39, 0.29) is 0 Å². The van der Waals surface area contributed by atoms with Crippen molar-refractivity contribution in [2.75, 3.05) is 27.2 Å². The van der Waals surface area contributed by atoms with Crippen molar-refractivity contribution >= 4 is 5.65 Å². The van der Waals surface area contributed by atoms with Crippen LogP contribution in [0.15, 0.2) is 36.5 Å². The van der Waals surface area contributed by atoms with E-state index in [0.717, 1.165) is 43.8 Å². The van der Waals surface area contributed by atoms with Gasteiger partial charge in [-0.15, -0.1) is 0 Å². The Morgan fingerprint density at radius 3 is 2.76 bits per heavy atom. The third kappa shape index (κ3) is 3.24. The molecule has 0 N–H and O–H groups in total. The Kier molecular flexibility index (Phi) is 4.40. The summed E-state index contributed by atoms with van der Waals surface area (Å²) in [4.78, 5) is 6.93. The highest BCUT2D eigenvalue weighted by atomic mass is 16.5. The Morgan fingerprint density at radius 2 is 1.96 bits per heavy atom. The van der Waals surface area contributed by atoms with E-state index in [1.165, 1.54) is 28.9 Å². The topological polar surface area (TPSA) is 42.7 Å². The lowest BCUT2D eigenvalue weighted by Gasteiger charge is -2.13. The molecule has 0 amide bonds. The maximum atomic E-state index is 5.85. The second kappa shape index (κ2) is 6.84. The highest BCUT2D eigenvalue weighted by Crippen LogP contribution is 2.32. The van der Waals surface area contributed by atoms with Gasteiger partial charge in [-0.3, -0.25) is 0 Å². The van der Waals surface area contributed by atoms with Crippen molar-refractivity contribution in [3.05, 3.63) is 47.8 Å². The lowest BCUT2D eigenvalue weighted by atomic mass is 10.0. The molecule has 3 aromatic rings. The molecule has 130 valence electrons. The van der Waals surface area contributed by atoms with Gasteiger partial charge < -0.3 is 9.64 Å². The molecule has 25 heavy (non-hydrogen) atoms. The van der Waals surface area contributed by atoms with Crippen molar-refractivity contribution in [2.24, 2.45) is 0 Å². The van der Waals surface area contributed by atoms with Crippen LogP contribution in [0.3, 0.4) is 0 Å². The zero-order valence-electron chi connectivity index (χ0n) is 14.9. The quantitative estimate of drug-likeness (QED) is 0.648. The largest absolute Gasteiger partial charge is 0.494 e. The van der Waals surface area contributed by atoms with E-state index in [0.29, 0.717) is 0 Å². The summed E-state index contributed by atoms with van der Waals surface area (Å²) in [6.07, 6.45) is 6.17. The zero-order valence-corrected chi connectivity index (χ0v) is 14.9. The summed E-state index contributed by atoms with van der Waals surface area (Å²) in [6, 6.07) is 10.4. The average molecular weight is 336 g/mol. The summed E-state index contributed by atoms with van der Waals surface area (Å²) in [7, 11) is 4.16. The molecule has 1 aliphatic rings. The Hall–Kier alpha value is -2.40. The number of hydrogen-bond acceptors (Lipinski definition) is 4. The molecule has 2 heterocycles. The predicted octanol–water partition coefficient (Wildman–Crippen LogP) is 3.22. The van der Waals surface area contributed by atoms with Crippen LogP contribution in [-0.4, -0.2) is 46.7 Å². The van der Waals surface area contributed by atoms with E-state index >= 15 is 0 Å². The molecule has 0 saturated heterocycles. The standard InChI is InChI=1S/C20H24N4O/c1-23(2)13-4-14-25-16-9-7-15(8-10-16)20-17-5-3-6-18(17)22-19-11-12-21-24(19)20/h7-12H,3-6,13-14H2,1-2H3. The molecule has 1 aromatic carbocycles. The molecule has 2 aromatic heterocycles. The first-order chi connectivity index (χ1) is 12.2. The van der Waals surface area contributed by atoms with E-state index < -0.39 is 0 Å². The molecular weight excluding hydrogens is 312 g/mol. The first kappa shape index (κ1) is 16.1. The van der Waals surface area contributed by atoms with Gasteiger partial charge in [0, 0.05) is 29.4 Å². The maximum absolute atomic E-state index is 5.85. The highest BCUT2D eigenvalue weighted by molar-refractivity contribution is 5.68. The van der Waals surface area contributed by atoms with Crippen LogP contribution in [0.1, 0.15) is 24.1 Å². The van der Waals surface area contributed by atoms with Crippen molar-refractivity contribution in [3.63, 3.8) is 0 Å². The summed E-state index contributed by atoms with van der Waals surface area (Å²) in [6.45, 7) is 1.78. The lowest BCUT2D eigenvalue weighted by Crippen LogP contribution is -2.15. The molecule has 0 saturated carbocycles. The van der Waals surface area contributed by atoms with Gasteiger partial charge in [-0.25, -0.2) is 9.50 Å². The van der Waals surface area contributed by atoms with Crippen LogP contribution >= 0.6 is 0 Å². The minimum absolute atomic E-state index is 0.742. The second-order valence-electron chi connectivity index (χ2n) is 6.87. The van der Waals surface area contributed by atoms with Crippen LogP contribution in [0.2, 0.25) is 0 Å². The van der Waals surface area contributed by atoms with Gasteiger partial charge in [0.1, 0.15) is 5.75 Å². The average Bonchev–Trinajstić information content (AvgIpc) is 3.25. The highest BCUT2D eigenvalue weighted by Gasteiger charge is 2.21. The molecule has 0 fully saturated rings. The third-order valence-electron chi connectivity index (χ3n) is 4.70. The van der Waals surface area contributed by atoms with Crippen LogP contribution < -0.4 is 4.74 Å². The fraction of sp³-hybridized carbons (Fsp3) is 0.400. The molecule has 0 atom stereocenters. The molecule has 5 heteroatoms. The normalized spacial score (nSPS) is 13.6. The summed E-state index contributed by atoms with van der Waals surface area (Å²) in [5.74, 6) is 0.921. The number of aromatic nitrogens is 3.